The summed E-state index contributed by atoms with van der Waals surface area (Å²) in [4.78, 5) is 10.7. The number of aromatic nitrogens is 5. The Labute approximate surface area is 418 Å². The molecule has 4 heterocycles. The van der Waals surface area contributed by atoms with Crippen molar-refractivity contribution in [2.45, 2.75) is 0 Å². The summed E-state index contributed by atoms with van der Waals surface area (Å²) in [6.45, 7) is 0. The number of hydrogen-bond acceptors (Lipinski definition) is 2. The third-order valence-corrected chi connectivity index (χ3v) is 15.3. The van der Waals surface area contributed by atoms with E-state index in [4.69, 9.17) is 9.97 Å². The van der Waals surface area contributed by atoms with Crippen molar-refractivity contribution in [3.8, 4) is 39.6 Å². The van der Waals surface area contributed by atoms with Gasteiger partial charge in [-0.2, -0.15) is 0 Å². The van der Waals surface area contributed by atoms with Crippen LogP contribution in [-0.4, -0.2) is 23.7 Å². The van der Waals surface area contributed by atoms with Crippen molar-refractivity contribution in [2.24, 2.45) is 0 Å². The lowest BCUT2D eigenvalue weighted by molar-refractivity contribution is 1.18. The summed E-state index contributed by atoms with van der Waals surface area (Å²) >= 11 is 0. The summed E-state index contributed by atoms with van der Waals surface area (Å²) in [5.74, 6) is 0. The average molecular weight is 928 g/mol. The van der Waals surface area contributed by atoms with E-state index < -0.39 is 0 Å². The minimum atomic E-state index is 0.861. The van der Waals surface area contributed by atoms with Gasteiger partial charge in [-0.25, -0.2) is 9.97 Å². The van der Waals surface area contributed by atoms with Gasteiger partial charge in [0.05, 0.1) is 55.5 Å². The van der Waals surface area contributed by atoms with Crippen LogP contribution in [0.1, 0.15) is 0 Å². The van der Waals surface area contributed by atoms with Crippen LogP contribution < -0.4 is 0 Å². The molecule has 0 saturated carbocycles. The molecule has 0 spiro atoms. The second kappa shape index (κ2) is 15.3. The maximum absolute atomic E-state index is 5.36. The highest BCUT2D eigenvalue weighted by Gasteiger charge is 2.20. The molecule has 338 valence electrons. The smallest absolute Gasteiger partial charge is 0.0973 e. The third-order valence-electron chi connectivity index (χ3n) is 15.3. The Balaban J connectivity index is 0.818. The van der Waals surface area contributed by atoms with Gasteiger partial charge in [0.1, 0.15) is 0 Å². The van der Waals surface area contributed by atoms with Gasteiger partial charge in [-0.3, -0.25) is 0 Å². The Hall–Kier alpha value is -9.84. The normalized spacial score (nSPS) is 12.1. The maximum Gasteiger partial charge on any atom is 0.0973 e. The zero-order valence-corrected chi connectivity index (χ0v) is 39.4. The number of nitrogens with zero attached hydrogens (tertiary/aromatic N) is 5. The Bertz CT molecular complexity index is 4980. The van der Waals surface area contributed by atoms with Crippen LogP contribution in [0.25, 0.3) is 148 Å². The largest absolute Gasteiger partial charge is 0.309 e. The monoisotopic (exact) mass is 927 g/mol. The fourth-order valence-electron chi connectivity index (χ4n) is 12.0. The lowest BCUT2D eigenvalue weighted by Crippen LogP contribution is -1.97. The van der Waals surface area contributed by atoms with Crippen LogP contribution in [0.15, 0.2) is 249 Å². The molecule has 0 aliphatic carbocycles. The zero-order chi connectivity index (χ0) is 47.7. The molecule has 0 aliphatic heterocycles. The molecular formula is C68H41N5. The summed E-state index contributed by atoms with van der Waals surface area (Å²) in [6, 6.07) is 90.4. The first-order chi connectivity index (χ1) is 36.2. The lowest BCUT2D eigenvalue weighted by atomic mass is 9.99. The highest BCUT2D eigenvalue weighted by Crippen LogP contribution is 2.42. The number of hydrogen-bond donors (Lipinski definition) is 0. The molecule has 16 rings (SSSR count). The van der Waals surface area contributed by atoms with Crippen LogP contribution in [0.5, 0.6) is 0 Å². The molecule has 0 fully saturated rings. The van der Waals surface area contributed by atoms with Gasteiger partial charge in [0.2, 0.25) is 0 Å². The summed E-state index contributed by atoms with van der Waals surface area (Å²) in [5, 5.41) is 14.6. The van der Waals surface area contributed by atoms with E-state index in [-0.39, 0.29) is 0 Å². The molecule has 0 radical (unpaired) electrons. The summed E-state index contributed by atoms with van der Waals surface area (Å²) in [5.41, 5.74) is 16.0. The molecule has 5 heteroatoms. The zero-order valence-electron chi connectivity index (χ0n) is 39.4. The number of rotatable bonds is 5. The summed E-state index contributed by atoms with van der Waals surface area (Å²) < 4.78 is 7.22. The second-order valence-electron chi connectivity index (χ2n) is 19.4. The van der Waals surface area contributed by atoms with Crippen LogP contribution >= 0.6 is 0 Å². The number of para-hydroxylation sites is 6. The first-order valence-electron chi connectivity index (χ1n) is 25.0. The molecular weight excluding hydrogens is 887 g/mol. The van der Waals surface area contributed by atoms with Gasteiger partial charge < -0.3 is 13.7 Å². The molecule has 12 aromatic carbocycles. The molecule has 0 unspecified atom stereocenters. The molecule has 0 amide bonds. The van der Waals surface area contributed by atoms with Gasteiger partial charge in [0.25, 0.3) is 0 Å². The lowest BCUT2D eigenvalue weighted by Gasteiger charge is -2.13. The van der Waals surface area contributed by atoms with Crippen molar-refractivity contribution in [3.05, 3.63) is 249 Å². The maximum atomic E-state index is 5.36. The highest BCUT2D eigenvalue weighted by atomic mass is 15.0. The van der Waals surface area contributed by atoms with E-state index in [1.807, 2.05) is 12.1 Å². The van der Waals surface area contributed by atoms with Crippen molar-refractivity contribution >= 4 is 109 Å². The predicted molar refractivity (Wildman–Crippen MR) is 306 cm³/mol. The van der Waals surface area contributed by atoms with Crippen LogP contribution in [0.3, 0.4) is 0 Å². The van der Waals surface area contributed by atoms with Gasteiger partial charge >= 0.3 is 0 Å². The second-order valence-corrected chi connectivity index (χ2v) is 19.4. The van der Waals surface area contributed by atoms with Gasteiger partial charge in [0, 0.05) is 60.5 Å². The summed E-state index contributed by atoms with van der Waals surface area (Å²) in [6.07, 6.45) is 0. The van der Waals surface area contributed by atoms with E-state index >= 15 is 0 Å². The van der Waals surface area contributed by atoms with E-state index in [0.717, 1.165) is 66.9 Å². The van der Waals surface area contributed by atoms with Crippen LogP contribution in [0, 0.1) is 0 Å². The van der Waals surface area contributed by atoms with Crippen LogP contribution in [0.4, 0.5) is 0 Å². The molecule has 0 atom stereocenters. The van der Waals surface area contributed by atoms with E-state index in [0.29, 0.717) is 0 Å². The molecule has 0 saturated heterocycles. The third kappa shape index (κ3) is 5.97. The summed E-state index contributed by atoms with van der Waals surface area (Å²) in [7, 11) is 0. The highest BCUT2D eigenvalue weighted by molar-refractivity contribution is 6.22. The van der Waals surface area contributed by atoms with Crippen molar-refractivity contribution in [1.82, 2.24) is 23.7 Å². The number of benzene rings is 12. The topological polar surface area (TPSA) is 40.6 Å². The molecule has 0 aliphatic rings. The van der Waals surface area contributed by atoms with Crippen LogP contribution in [-0.2, 0) is 0 Å². The van der Waals surface area contributed by atoms with Gasteiger partial charge in [-0.1, -0.05) is 146 Å². The van der Waals surface area contributed by atoms with E-state index in [9.17, 15) is 0 Å². The van der Waals surface area contributed by atoms with E-state index in [2.05, 4.69) is 250 Å². The number of fused-ring (bicyclic) bond motifs is 14. The minimum absolute atomic E-state index is 0.861. The van der Waals surface area contributed by atoms with Crippen molar-refractivity contribution < 1.29 is 0 Å². The Morgan fingerprint density at radius 3 is 1.42 bits per heavy atom. The molecule has 5 nitrogen and oxygen atoms in total. The Morgan fingerprint density at radius 2 is 0.699 bits per heavy atom. The molecule has 73 heavy (non-hydrogen) atoms. The quantitative estimate of drug-likeness (QED) is 0.173. The van der Waals surface area contributed by atoms with Gasteiger partial charge in [-0.05, 0) is 135 Å². The van der Waals surface area contributed by atoms with Crippen molar-refractivity contribution in [2.75, 3.05) is 0 Å². The predicted octanol–water partition coefficient (Wildman–Crippen LogP) is 17.7. The van der Waals surface area contributed by atoms with E-state index in [1.165, 1.54) is 81.4 Å². The molecule has 4 aromatic heterocycles. The first kappa shape index (κ1) is 39.9. The first-order valence-corrected chi connectivity index (χ1v) is 25.0. The Kier molecular flexibility index (Phi) is 8.39. The van der Waals surface area contributed by atoms with Crippen molar-refractivity contribution in [3.63, 3.8) is 0 Å². The average Bonchev–Trinajstić information content (AvgIpc) is 4.09. The minimum Gasteiger partial charge on any atom is -0.309 e. The van der Waals surface area contributed by atoms with Crippen LogP contribution in [0.2, 0.25) is 0 Å². The standard InChI is InChI=1S/C68H41N5/c1-2-15-49(16-3-1)71-60-23-11-6-18-53(60)56-39-47(31-34-63(56)71)68-67(69-58-21-9-10-22-59(58)70-68)46-27-26-44-37-50(32-28-43(44)36-46)73-61-24-12-7-19-54(61)57-40-48-38-51(33-29-45(48)41-65(57)73)72-62-25-13-8-20-55(62)66-52-17-5-4-14-42(52)30-35-64(66)72/h1-41H. The fraction of sp³-hybridized carbons (Fsp3) is 0. The SMILES string of the molecule is c1ccc(-n2c3ccccc3c3cc(-c4nc5ccccc5nc4-c4ccc5cc(-n6c7ccccc7c7cc8cc(-n9c%10ccccc%10c%10c%11ccccc%11ccc%109)ccc8cc76)ccc5c4)ccc32)cc1. The Morgan fingerprint density at radius 1 is 0.233 bits per heavy atom. The van der Waals surface area contributed by atoms with Crippen molar-refractivity contribution in [1.29, 1.82) is 0 Å². The van der Waals surface area contributed by atoms with E-state index in [1.54, 1.807) is 0 Å². The molecule has 16 aromatic rings. The fourth-order valence-corrected chi connectivity index (χ4v) is 12.0. The van der Waals surface area contributed by atoms with Gasteiger partial charge in [-0.15, -0.1) is 0 Å². The molecule has 0 N–H and O–H groups in total. The van der Waals surface area contributed by atoms with Gasteiger partial charge in [0.15, 0.2) is 0 Å². The molecule has 0 bridgehead atoms.